The first kappa shape index (κ1) is 10.3. The van der Waals surface area contributed by atoms with Crippen molar-refractivity contribution in [3.05, 3.63) is 41.3 Å². The Hall–Kier alpha value is -0.780. The topological polar surface area (TPSA) is 0 Å². The van der Waals surface area contributed by atoms with Gasteiger partial charge < -0.3 is 0 Å². The Balaban J connectivity index is 3.04. The van der Waals surface area contributed by atoms with Gasteiger partial charge in [0.25, 0.3) is 0 Å². The predicted molar refractivity (Wildman–Crippen MR) is 58.8 cm³/mol. The number of benzene rings is 1. The average molecular weight is 175 g/mol. The van der Waals surface area contributed by atoms with Crippen LogP contribution in [0.5, 0.6) is 0 Å². The van der Waals surface area contributed by atoms with Crippen LogP contribution in [0.3, 0.4) is 0 Å². The Bertz CT molecular complexity index is 260. The summed E-state index contributed by atoms with van der Waals surface area (Å²) in [5, 5.41) is 0. The quantitative estimate of drug-likeness (QED) is 0.647. The van der Waals surface area contributed by atoms with E-state index in [1.165, 1.54) is 17.0 Å². The molecule has 0 saturated heterocycles. The van der Waals surface area contributed by atoms with E-state index in [0.717, 1.165) is 6.42 Å². The standard InChI is InChI=1S/C13H19/c1-5-11(4)13-9-7-6-8-12(13)10(2)3/h6-10H,5H2,1-4H3. The zero-order chi connectivity index (χ0) is 9.84. The molecule has 0 aliphatic carbocycles. The summed E-state index contributed by atoms with van der Waals surface area (Å²) in [6.45, 7) is 8.94. The van der Waals surface area contributed by atoms with Crippen molar-refractivity contribution in [3.8, 4) is 0 Å². The van der Waals surface area contributed by atoms with Crippen LogP contribution < -0.4 is 0 Å². The fourth-order valence-corrected chi connectivity index (χ4v) is 1.58. The monoisotopic (exact) mass is 175 g/mol. The summed E-state index contributed by atoms with van der Waals surface area (Å²) in [6, 6.07) is 8.72. The lowest BCUT2D eigenvalue weighted by atomic mass is 9.89. The second-order valence-electron chi connectivity index (χ2n) is 3.88. The van der Waals surface area contributed by atoms with Crippen LogP contribution in [-0.4, -0.2) is 0 Å². The molecule has 0 spiro atoms. The summed E-state index contributed by atoms with van der Waals surface area (Å²) < 4.78 is 0. The second-order valence-corrected chi connectivity index (χ2v) is 3.88. The van der Waals surface area contributed by atoms with E-state index < -0.39 is 0 Å². The van der Waals surface area contributed by atoms with Gasteiger partial charge in [0.15, 0.2) is 0 Å². The lowest BCUT2D eigenvalue weighted by molar-refractivity contribution is 0.835. The maximum atomic E-state index is 2.25. The van der Waals surface area contributed by atoms with Gasteiger partial charge in [0, 0.05) is 5.92 Å². The molecule has 0 atom stereocenters. The molecule has 0 aliphatic heterocycles. The number of rotatable bonds is 3. The molecule has 0 heteroatoms. The highest BCUT2D eigenvalue weighted by atomic mass is 14.1. The maximum Gasteiger partial charge on any atom is 0.00191 e. The molecule has 0 bridgehead atoms. The molecule has 0 N–H and O–H groups in total. The minimum Gasteiger partial charge on any atom is -0.0645 e. The minimum absolute atomic E-state index is 0.623. The van der Waals surface area contributed by atoms with Crippen LogP contribution >= 0.6 is 0 Å². The Morgan fingerprint density at radius 3 is 2.38 bits per heavy atom. The Morgan fingerprint density at radius 2 is 1.85 bits per heavy atom. The van der Waals surface area contributed by atoms with Crippen LogP contribution in [0, 0.1) is 5.92 Å². The van der Waals surface area contributed by atoms with Gasteiger partial charge in [0.05, 0.1) is 0 Å². The average Bonchev–Trinajstić information content (AvgIpc) is 2.16. The largest absolute Gasteiger partial charge is 0.0645 e. The van der Waals surface area contributed by atoms with Crippen molar-refractivity contribution in [1.82, 2.24) is 0 Å². The maximum absolute atomic E-state index is 2.25. The molecular formula is C13H19. The molecule has 0 saturated carbocycles. The van der Waals surface area contributed by atoms with Crippen molar-refractivity contribution in [2.24, 2.45) is 0 Å². The van der Waals surface area contributed by atoms with Gasteiger partial charge in [0.2, 0.25) is 0 Å². The molecule has 1 rings (SSSR count). The van der Waals surface area contributed by atoms with Crippen molar-refractivity contribution < 1.29 is 0 Å². The summed E-state index contributed by atoms with van der Waals surface area (Å²) in [7, 11) is 0. The Morgan fingerprint density at radius 1 is 1.23 bits per heavy atom. The molecule has 1 radical (unpaired) electrons. The summed E-state index contributed by atoms with van der Waals surface area (Å²) >= 11 is 0. The van der Waals surface area contributed by atoms with E-state index in [0.29, 0.717) is 5.92 Å². The first-order valence-corrected chi connectivity index (χ1v) is 5.08. The van der Waals surface area contributed by atoms with Gasteiger partial charge in [0.1, 0.15) is 0 Å². The van der Waals surface area contributed by atoms with Gasteiger partial charge in [-0.2, -0.15) is 0 Å². The molecule has 0 nitrogen and oxygen atoms in total. The second kappa shape index (κ2) is 4.45. The molecule has 13 heavy (non-hydrogen) atoms. The van der Waals surface area contributed by atoms with Crippen LogP contribution in [0.25, 0.3) is 0 Å². The summed E-state index contributed by atoms with van der Waals surface area (Å²) in [6.07, 6.45) is 1.14. The van der Waals surface area contributed by atoms with Crippen molar-refractivity contribution in [2.75, 3.05) is 0 Å². The SMILES string of the molecule is CC[C](C)c1ccccc1C(C)C. The van der Waals surface area contributed by atoms with Gasteiger partial charge in [-0.3, -0.25) is 0 Å². The van der Waals surface area contributed by atoms with E-state index in [1.807, 2.05) is 0 Å². The van der Waals surface area contributed by atoms with Gasteiger partial charge in [-0.1, -0.05) is 52.0 Å². The lowest BCUT2D eigenvalue weighted by Crippen LogP contribution is -2.00. The third kappa shape index (κ3) is 2.33. The van der Waals surface area contributed by atoms with E-state index >= 15 is 0 Å². The first-order valence-electron chi connectivity index (χ1n) is 5.08. The fraction of sp³-hybridized carbons (Fsp3) is 0.462. The van der Waals surface area contributed by atoms with E-state index in [2.05, 4.69) is 52.0 Å². The molecule has 0 heterocycles. The van der Waals surface area contributed by atoms with E-state index in [4.69, 9.17) is 0 Å². The number of hydrogen-bond donors (Lipinski definition) is 0. The predicted octanol–water partition coefficient (Wildman–Crippen LogP) is 4.16. The van der Waals surface area contributed by atoms with E-state index in [-0.39, 0.29) is 0 Å². The molecule has 71 valence electrons. The zero-order valence-electron chi connectivity index (χ0n) is 9.09. The molecule has 0 unspecified atom stereocenters. The molecule has 0 aromatic heterocycles. The summed E-state index contributed by atoms with van der Waals surface area (Å²) in [5.74, 6) is 2.11. The molecule has 0 amide bonds. The highest BCUT2D eigenvalue weighted by Crippen LogP contribution is 2.26. The smallest absolute Gasteiger partial charge is 0.00191 e. The number of hydrogen-bond acceptors (Lipinski definition) is 0. The van der Waals surface area contributed by atoms with E-state index in [9.17, 15) is 0 Å². The van der Waals surface area contributed by atoms with Crippen molar-refractivity contribution >= 4 is 0 Å². The summed E-state index contributed by atoms with van der Waals surface area (Å²) in [4.78, 5) is 0. The van der Waals surface area contributed by atoms with Crippen LogP contribution in [0.2, 0.25) is 0 Å². The highest BCUT2D eigenvalue weighted by Gasteiger charge is 2.10. The third-order valence-electron chi connectivity index (χ3n) is 2.57. The Labute approximate surface area is 82.0 Å². The third-order valence-corrected chi connectivity index (χ3v) is 2.57. The first-order chi connectivity index (χ1) is 6.16. The molecule has 1 aromatic carbocycles. The normalized spacial score (nSPS) is 11.2. The van der Waals surface area contributed by atoms with Crippen molar-refractivity contribution in [1.29, 1.82) is 0 Å². The molecular weight excluding hydrogens is 156 g/mol. The van der Waals surface area contributed by atoms with Gasteiger partial charge in [-0.05, 0) is 23.5 Å². The lowest BCUT2D eigenvalue weighted by Gasteiger charge is -2.16. The van der Waals surface area contributed by atoms with Crippen molar-refractivity contribution in [3.63, 3.8) is 0 Å². The van der Waals surface area contributed by atoms with Crippen LogP contribution in [0.15, 0.2) is 24.3 Å². The fourth-order valence-electron chi connectivity index (χ4n) is 1.58. The van der Waals surface area contributed by atoms with Crippen LogP contribution in [0.4, 0.5) is 0 Å². The highest BCUT2D eigenvalue weighted by molar-refractivity contribution is 5.39. The Kier molecular flexibility index (Phi) is 3.53. The van der Waals surface area contributed by atoms with Crippen molar-refractivity contribution in [2.45, 2.75) is 40.0 Å². The van der Waals surface area contributed by atoms with Gasteiger partial charge in [-0.15, -0.1) is 0 Å². The van der Waals surface area contributed by atoms with E-state index in [1.54, 1.807) is 0 Å². The summed E-state index contributed by atoms with van der Waals surface area (Å²) in [5.41, 5.74) is 2.92. The van der Waals surface area contributed by atoms with Gasteiger partial charge in [-0.25, -0.2) is 0 Å². The zero-order valence-corrected chi connectivity index (χ0v) is 9.09. The molecule has 1 aromatic rings. The van der Waals surface area contributed by atoms with Crippen LogP contribution in [-0.2, 0) is 0 Å². The van der Waals surface area contributed by atoms with Gasteiger partial charge >= 0.3 is 0 Å². The van der Waals surface area contributed by atoms with Crippen LogP contribution in [0.1, 0.15) is 51.2 Å². The molecule has 0 fully saturated rings. The minimum atomic E-state index is 0.623. The molecule has 0 aliphatic rings.